The Morgan fingerprint density at radius 2 is 1.88 bits per heavy atom. The van der Waals surface area contributed by atoms with Crippen LogP contribution >= 0.6 is 0 Å². The molecule has 1 aromatic carbocycles. The van der Waals surface area contributed by atoms with Gasteiger partial charge in [0.15, 0.2) is 0 Å². The van der Waals surface area contributed by atoms with E-state index < -0.39 is 0 Å². The second-order valence-corrected chi connectivity index (χ2v) is 8.15. The van der Waals surface area contributed by atoms with Crippen LogP contribution in [-0.4, -0.2) is 42.8 Å². The second kappa shape index (κ2) is 7.92. The number of nitrogens with zero attached hydrogens (tertiary/aromatic N) is 2. The largest absolute Gasteiger partial charge is 0.381 e. The molecule has 1 aromatic rings. The smallest absolute Gasteiger partial charge is 0.292 e. The van der Waals surface area contributed by atoms with Crippen molar-refractivity contribution in [2.24, 2.45) is 0 Å². The van der Waals surface area contributed by atoms with E-state index in [1.165, 1.54) is 0 Å². The van der Waals surface area contributed by atoms with Gasteiger partial charge in [0.25, 0.3) is 5.69 Å². The number of nitro benzene ring substituents is 1. The molecule has 2 aliphatic rings. The third kappa shape index (κ3) is 4.35. The zero-order valence-electron chi connectivity index (χ0n) is 16.2. The summed E-state index contributed by atoms with van der Waals surface area (Å²) in [5, 5.41) is 15.2. The van der Waals surface area contributed by atoms with Gasteiger partial charge in [0.2, 0.25) is 0 Å². The molecule has 3 rings (SSSR count). The number of hydrogen-bond donors (Lipinski definition) is 1. The quantitative estimate of drug-likeness (QED) is 0.638. The maximum Gasteiger partial charge on any atom is 0.292 e. The van der Waals surface area contributed by atoms with Crippen molar-refractivity contribution in [2.45, 2.75) is 70.1 Å². The predicted molar refractivity (Wildman–Crippen MR) is 104 cm³/mol. The van der Waals surface area contributed by atoms with Gasteiger partial charge in [-0.25, -0.2) is 0 Å². The molecule has 0 amide bonds. The van der Waals surface area contributed by atoms with Gasteiger partial charge < -0.3 is 15.0 Å². The standard InChI is InChI=1S/C20H31N3O3/c1-15-4-5-18(23(24)25)19(14-15)22-12-8-16(9-13-22)21-20(2)10-6-17(26-3)7-11-20/h4-5,14,16-17,21H,6-13H2,1-3H3. The molecule has 1 N–H and O–H groups in total. The number of aryl methyl sites for hydroxylation is 1. The molecule has 6 heteroatoms. The average molecular weight is 361 g/mol. The zero-order chi connectivity index (χ0) is 18.7. The van der Waals surface area contributed by atoms with E-state index in [1.54, 1.807) is 13.2 Å². The normalized spacial score (nSPS) is 27.5. The number of nitro groups is 1. The lowest BCUT2D eigenvalue weighted by Gasteiger charge is -2.43. The molecule has 6 nitrogen and oxygen atoms in total. The van der Waals surface area contributed by atoms with Crippen molar-refractivity contribution in [1.82, 2.24) is 5.32 Å². The van der Waals surface area contributed by atoms with Crippen LogP contribution in [0.4, 0.5) is 11.4 Å². The Kier molecular flexibility index (Phi) is 5.82. The molecule has 1 aliphatic heterocycles. The number of methoxy groups -OCH3 is 1. The Balaban J connectivity index is 1.58. The molecule has 0 aromatic heterocycles. The van der Waals surface area contributed by atoms with Crippen molar-refractivity contribution in [3.63, 3.8) is 0 Å². The predicted octanol–water partition coefficient (Wildman–Crippen LogP) is 3.81. The van der Waals surface area contributed by atoms with Crippen molar-refractivity contribution < 1.29 is 9.66 Å². The molecule has 0 bridgehead atoms. The molecule has 1 heterocycles. The first-order valence-electron chi connectivity index (χ1n) is 9.71. The summed E-state index contributed by atoms with van der Waals surface area (Å²) in [6.45, 7) is 6.03. The van der Waals surface area contributed by atoms with Crippen molar-refractivity contribution >= 4 is 11.4 Å². The van der Waals surface area contributed by atoms with Crippen LogP contribution in [0.2, 0.25) is 0 Å². The van der Waals surface area contributed by atoms with E-state index in [9.17, 15) is 10.1 Å². The Morgan fingerprint density at radius 1 is 1.23 bits per heavy atom. The molecular weight excluding hydrogens is 330 g/mol. The van der Waals surface area contributed by atoms with Gasteiger partial charge in [0, 0.05) is 37.8 Å². The third-order valence-corrected chi connectivity index (χ3v) is 6.09. The minimum atomic E-state index is -0.269. The molecule has 26 heavy (non-hydrogen) atoms. The molecule has 0 radical (unpaired) electrons. The first-order chi connectivity index (χ1) is 12.4. The van der Waals surface area contributed by atoms with Gasteiger partial charge in [-0.05, 0) is 64.0 Å². The Labute approximate surface area is 156 Å². The van der Waals surface area contributed by atoms with Crippen molar-refractivity contribution in [2.75, 3.05) is 25.1 Å². The van der Waals surface area contributed by atoms with Gasteiger partial charge in [0.1, 0.15) is 5.69 Å². The minimum absolute atomic E-state index is 0.192. The van der Waals surface area contributed by atoms with Crippen LogP contribution in [0.1, 0.15) is 51.0 Å². The van der Waals surface area contributed by atoms with Crippen LogP contribution < -0.4 is 10.2 Å². The van der Waals surface area contributed by atoms with Crippen LogP contribution in [0.15, 0.2) is 18.2 Å². The maximum atomic E-state index is 11.4. The number of piperidine rings is 1. The highest BCUT2D eigenvalue weighted by Gasteiger charge is 2.34. The molecule has 144 valence electrons. The van der Waals surface area contributed by atoms with Gasteiger partial charge in [0.05, 0.1) is 11.0 Å². The monoisotopic (exact) mass is 361 g/mol. The van der Waals surface area contributed by atoms with Crippen molar-refractivity contribution in [3.05, 3.63) is 33.9 Å². The lowest BCUT2D eigenvalue weighted by atomic mass is 9.80. The molecule has 0 atom stereocenters. The number of nitrogens with one attached hydrogen (secondary N) is 1. The summed E-state index contributed by atoms with van der Waals surface area (Å²) in [6, 6.07) is 5.87. The summed E-state index contributed by atoms with van der Waals surface area (Å²) in [6.07, 6.45) is 6.99. The Hall–Kier alpha value is -1.66. The van der Waals surface area contributed by atoms with Crippen molar-refractivity contribution in [3.8, 4) is 0 Å². The third-order valence-electron chi connectivity index (χ3n) is 6.09. The van der Waals surface area contributed by atoms with Gasteiger partial charge in [-0.2, -0.15) is 0 Å². The van der Waals surface area contributed by atoms with Crippen LogP contribution in [0.5, 0.6) is 0 Å². The minimum Gasteiger partial charge on any atom is -0.381 e. The lowest BCUT2D eigenvalue weighted by Crippen LogP contribution is -2.54. The molecular formula is C20H31N3O3. The molecule has 2 fully saturated rings. The first kappa shape index (κ1) is 19.1. The lowest BCUT2D eigenvalue weighted by molar-refractivity contribution is -0.384. The highest BCUT2D eigenvalue weighted by Crippen LogP contribution is 2.33. The van der Waals surface area contributed by atoms with Crippen LogP contribution in [0, 0.1) is 17.0 Å². The van der Waals surface area contributed by atoms with E-state index in [0.29, 0.717) is 12.1 Å². The van der Waals surface area contributed by atoms with Crippen molar-refractivity contribution in [1.29, 1.82) is 0 Å². The second-order valence-electron chi connectivity index (χ2n) is 8.15. The Bertz CT molecular complexity index is 633. The SMILES string of the molecule is COC1CCC(C)(NC2CCN(c3cc(C)ccc3[N+](=O)[O-])CC2)CC1. The van der Waals surface area contributed by atoms with E-state index >= 15 is 0 Å². The van der Waals surface area contributed by atoms with Gasteiger partial charge >= 0.3 is 0 Å². The first-order valence-corrected chi connectivity index (χ1v) is 9.71. The van der Waals surface area contributed by atoms with Gasteiger partial charge in [-0.3, -0.25) is 10.1 Å². The summed E-state index contributed by atoms with van der Waals surface area (Å²) >= 11 is 0. The van der Waals surface area contributed by atoms with Crippen LogP contribution in [0.25, 0.3) is 0 Å². The van der Waals surface area contributed by atoms with E-state index in [0.717, 1.165) is 62.9 Å². The fourth-order valence-corrected chi connectivity index (χ4v) is 4.41. The van der Waals surface area contributed by atoms with Gasteiger partial charge in [-0.15, -0.1) is 0 Å². The number of rotatable bonds is 5. The maximum absolute atomic E-state index is 11.4. The molecule has 1 saturated carbocycles. The fraction of sp³-hybridized carbons (Fsp3) is 0.700. The zero-order valence-corrected chi connectivity index (χ0v) is 16.2. The molecule has 0 spiro atoms. The summed E-state index contributed by atoms with van der Waals surface area (Å²) in [4.78, 5) is 13.3. The van der Waals surface area contributed by atoms with E-state index in [2.05, 4.69) is 17.1 Å². The van der Waals surface area contributed by atoms with Crippen LogP contribution in [0.3, 0.4) is 0 Å². The van der Waals surface area contributed by atoms with E-state index in [-0.39, 0.29) is 16.1 Å². The summed E-state index contributed by atoms with van der Waals surface area (Å²) in [5.41, 5.74) is 2.23. The summed E-state index contributed by atoms with van der Waals surface area (Å²) in [7, 11) is 1.81. The summed E-state index contributed by atoms with van der Waals surface area (Å²) < 4.78 is 5.49. The number of ether oxygens (including phenoxy) is 1. The summed E-state index contributed by atoms with van der Waals surface area (Å²) in [5.74, 6) is 0. The number of hydrogen-bond acceptors (Lipinski definition) is 5. The van der Waals surface area contributed by atoms with Crippen LogP contribution in [-0.2, 0) is 4.74 Å². The number of anilines is 1. The molecule has 0 unspecified atom stereocenters. The number of benzene rings is 1. The highest BCUT2D eigenvalue weighted by atomic mass is 16.6. The van der Waals surface area contributed by atoms with E-state index in [4.69, 9.17) is 4.74 Å². The Morgan fingerprint density at radius 3 is 2.46 bits per heavy atom. The molecule has 1 saturated heterocycles. The van der Waals surface area contributed by atoms with Gasteiger partial charge in [-0.1, -0.05) is 6.07 Å². The highest BCUT2D eigenvalue weighted by molar-refractivity contribution is 5.64. The fourth-order valence-electron chi connectivity index (χ4n) is 4.41. The molecule has 1 aliphatic carbocycles. The average Bonchev–Trinajstić information content (AvgIpc) is 2.62. The van der Waals surface area contributed by atoms with E-state index in [1.807, 2.05) is 19.1 Å². The topological polar surface area (TPSA) is 67.6 Å².